The zero-order valence-corrected chi connectivity index (χ0v) is 18.5. The van der Waals surface area contributed by atoms with Crippen LogP contribution in [0.25, 0.3) is 11.1 Å². The quantitative estimate of drug-likeness (QED) is 0.756. The fourth-order valence-corrected chi connectivity index (χ4v) is 4.84. The monoisotopic (exact) mass is 416 g/mol. The Hall–Kier alpha value is -2.66. The van der Waals surface area contributed by atoms with Gasteiger partial charge in [0.05, 0.1) is 0 Å². The van der Waals surface area contributed by atoms with Crippen molar-refractivity contribution in [2.24, 2.45) is 0 Å². The van der Waals surface area contributed by atoms with Gasteiger partial charge in [-0.3, -0.25) is 9.78 Å². The molecule has 0 spiro atoms. The van der Waals surface area contributed by atoms with E-state index in [1.165, 1.54) is 31.4 Å². The zero-order valence-electron chi connectivity index (χ0n) is 18.5. The molecule has 0 saturated carbocycles. The number of rotatable bonds is 4. The Morgan fingerprint density at radius 1 is 0.903 bits per heavy atom. The molecule has 1 aromatic carbocycles. The SMILES string of the molecule is CN1CCN(C(=O)c2ccc(-c3ccc(C4CCN(C5=CCC5)CC4)nc3)cc2)CC1. The maximum Gasteiger partial charge on any atom is 0.253 e. The third-order valence-corrected chi connectivity index (χ3v) is 7.14. The minimum absolute atomic E-state index is 0.136. The number of piperidine rings is 1. The van der Waals surface area contributed by atoms with Crippen LogP contribution >= 0.6 is 0 Å². The zero-order chi connectivity index (χ0) is 21.2. The van der Waals surface area contributed by atoms with Gasteiger partial charge in [0.2, 0.25) is 0 Å². The summed E-state index contributed by atoms with van der Waals surface area (Å²) < 4.78 is 0. The maximum absolute atomic E-state index is 12.8. The molecule has 1 aromatic heterocycles. The van der Waals surface area contributed by atoms with Crippen molar-refractivity contribution in [1.29, 1.82) is 0 Å². The molecule has 2 saturated heterocycles. The Labute approximate surface area is 185 Å². The Morgan fingerprint density at radius 3 is 2.16 bits per heavy atom. The summed E-state index contributed by atoms with van der Waals surface area (Å²) in [4.78, 5) is 24.3. The van der Waals surface area contributed by atoms with Crippen LogP contribution in [0.5, 0.6) is 0 Å². The van der Waals surface area contributed by atoms with Gasteiger partial charge in [-0.05, 0) is 56.5 Å². The number of hydrogen-bond donors (Lipinski definition) is 0. The number of amides is 1. The number of carbonyl (C=O) groups is 1. The van der Waals surface area contributed by atoms with Gasteiger partial charge in [-0.2, -0.15) is 0 Å². The molecule has 5 heteroatoms. The number of pyridine rings is 1. The Balaban J connectivity index is 1.20. The van der Waals surface area contributed by atoms with E-state index in [9.17, 15) is 4.79 Å². The molecule has 3 aliphatic rings. The van der Waals surface area contributed by atoms with E-state index in [0.29, 0.717) is 5.92 Å². The van der Waals surface area contributed by atoms with E-state index in [2.05, 4.69) is 35.1 Å². The lowest BCUT2D eigenvalue weighted by atomic mass is 9.91. The van der Waals surface area contributed by atoms with Crippen LogP contribution in [-0.2, 0) is 0 Å². The summed E-state index contributed by atoms with van der Waals surface area (Å²) >= 11 is 0. The fraction of sp³-hybridized carbons (Fsp3) is 0.462. The van der Waals surface area contributed by atoms with Crippen LogP contribution in [0.1, 0.15) is 47.7 Å². The molecule has 0 unspecified atom stereocenters. The largest absolute Gasteiger partial charge is 0.375 e. The highest BCUT2D eigenvalue weighted by Crippen LogP contribution is 2.32. The van der Waals surface area contributed by atoms with Crippen molar-refractivity contribution in [1.82, 2.24) is 19.7 Å². The number of allylic oxidation sites excluding steroid dienone is 2. The minimum atomic E-state index is 0.136. The lowest BCUT2D eigenvalue weighted by Gasteiger charge is -2.37. The number of likely N-dealkylation sites (N-methyl/N-ethyl adjacent to an activating group) is 1. The highest BCUT2D eigenvalue weighted by atomic mass is 16.2. The molecule has 2 aliphatic heterocycles. The van der Waals surface area contributed by atoms with E-state index in [0.717, 1.165) is 56.0 Å². The van der Waals surface area contributed by atoms with E-state index in [4.69, 9.17) is 4.98 Å². The normalized spacial score (nSPS) is 20.4. The van der Waals surface area contributed by atoms with Crippen LogP contribution in [0.3, 0.4) is 0 Å². The van der Waals surface area contributed by atoms with Crippen LogP contribution in [0, 0.1) is 0 Å². The number of benzene rings is 1. The first kappa shape index (κ1) is 20.3. The molecule has 2 fully saturated rings. The molecule has 0 bridgehead atoms. The van der Waals surface area contributed by atoms with Crippen molar-refractivity contribution in [2.45, 2.75) is 31.6 Å². The summed E-state index contributed by atoms with van der Waals surface area (Å²) in [5.74, 6) is 0.701. The summed E-state index contributed by atoms with van der Waals surface area (Å²) in [5, 5.41) is 0. The minimum Gasteiger partial charge on any atom is -0.375 e. The number of aromatic nitrogens is 1. The Bertz CT molecular complexity index is 934. The van der Waals surface area contributed by atoms with Gasteiger partial charge in [0.25, 0.3) is 5.91 Å². The predicted molar refractivity (Wildman–Crippen MR) is 124 cm³/mol. The molecule has 0 radical (unpaired) electrons. The maximum atomic E-state index is 12.8. The van der Waals surface area contributed by atoms with Gasteiger partial charge in [0.1, 0.15) is 0 Å². The first-order valence-electron chi connectivity index (χ1n) is 11.7. The summed E-state index contributed by atoms with van der Waals surface area (Å²) in [5.41, 5.74) is 5.76. The number of hydrogen-bond acceptors (Lipinski definition) is 4. The molecular weight excluding hydrogens is 384 g/mol. The average Bonchev–Trinajstić information content (AvgIpc) is 2.79. The van der Waals surface area contributed by atoms with Gasteiger partial charge < -0.3 is 14.7 Å². The van der Waals surface area contributed by atoms with Crippen molar-refractivity contribution in [3.8, 4) is 11.1 Å². The van der Waals surface area contributed by atoms with Crippen LogP contribution in [-0.4, -0.2) is 71.9 Å². The molecule has 3 heterocycles. The third kappa shape index (κ3) is 4.38. The first-order chi connectivity index (χ1) is 15.2. The van der Waals surface area contributed by atoms with E-state index in [-0.39, 0.29) is 5.91 Å². The average molecular weight is 417 g/mol. The molecule has 2 aromatic rings. The molecule has 162 valence electrons. The van der Waals surface area contributed by atoms with Crippen LogP contribution in [0.2, 0.25) is 0 Å². The van der Waals surface area contributed by atoms with Crippen molar-refractivity contribution < 1.29 is 4.79 Å². The summed E-state index contributed by atoms with van der Waals surface area (Å²) in [6.45, 7) is 5.81. The molecule has 0 N–H and O–H groups in total. The van der Waals surface area contributed by atoms with Crippen molar-refractivity contribution in [2.75, 3.05) is 46.3 Å². The van der Waals surface area contributed by atoms with Gasteiger partial charge in [-0.1, -0.05) is 24.3 Å². The third-order valence-electron chi connectivity index (χ3n) is 7.14. The highest BCUT2D eigenvalue weighted by molar-refractivity contribution is 5.94. The molecular formula is C26H32N4O. The first-order valence-corrected chi connectivity index (χ1v) is 11.7. The second kappa shape index (κ2) is 8.83. The van der Waals surface area contributed by atoms with Crippen LogP contribution < -0.4 is 0 Å². The number of carbonyl (C=O) groups excluding carboxylic acids is 1. The van der Waals surface area contributed by atoms with Crippen molar-refractivity contribution in [3.63, 3.8) is 0 Å². The molecule has 1 aliphatic carbocycles. The molecule has 1 amide bonds. The molecule has 0 atom stereocenters. The van der Waals surface area contributed by atoms with Gasteiger partial charge in [0.15, 0.2) is 0 Å². The fourth-order valence-electron chi connectivity index (χ4n) is 4.84. The lowest BCUT2D eigenvalue weighted by Crippen LogP contribution is -2.47. The predicted octanol–water partition coefficient (Wildman–Crippen LogP) is 3.99. The highest BCUT2D eigenvalue weighted by Gasteiger charge is 2.24. The summed E-state index contributed by atoms with van der Waals surface area (Å²) in [7, 11) is 2.10. The molecule has 5 nitrogen and oxygen atoms in total. The molecule has 31 heavy (non-hydrogen) atoms. The van der Waals surface area contributed by atoms with E-state index >= 15 is 0 Å². The van der Waals surface area contributed by atoms with Gasteiger partial charge in [0, 0.05) is 73.9 Å². The Kier molecular flexibility index (Phi) is 5.77. The smallest absolute Gasteiger partial charge is 0.253 e. The number of nitrogens with zero attached hydrogens (tertiary/aromatic N) is 4. The summed E-state index contributed by atoms with van der Waals surface area (Å²) in [6.07, 6.45) is 9.25. The topological polar surface area (TPSA) is 39.7 Å². The van der Waals surface area contributed by atoms with Crippen LogP contribution in [0.4, 0.5) is 0 Å². The Morgan fingerprint density at radius 2 is 1.58 bits per heavy atom. The van der Waals surface area contributed by atoms with Crippen molar-refractivity contribution in [3.05, 3.63) is 65.6 Å². The second-order valence-electron chi connectivity index (χ2n) is 9.14. The molecule has 5 rings (SSSR count). The van der Waals surface area contributed by atoms with Gasteiger partial charge >= 0.3 is 0 Å². The van der Waals surface area contributed by atoms with Crippen molar-refractivity contribution >= 4 is 5.91 Å². The van der Waals surface area contributed by atoms with E-state index in [1.807, 2.05) is 35.4 Å². The van der Waals surface area contributed by atoms with Crippen LogP contribution in [0.15, 0.2) is 54.4 Å². The lowest BCUT2D eigenvalue weighted by molar-refractivity contribution is 0.0664. The summed E-state index contributed by atoms with van der Waals surface area (Å²) in [6, 6.07) is 12.4. The number of likely N-dealkylation sites (tertiary alicyclic amines) is 1. The second-order valence-corrected chi connectivity index (χ2v) is 9.14. The van der Waals surface area contributed by atoms with Gasteiger partial charge in [-0.15, -0.1) is 0 Å². The standard InChI is InChI=1S/C26H32N4O/c1-28-15-17-30(18-16-28)26(31)22-7-5-20(6-8-22)23-9-10-25(27-19-23)21-11-13-29(14-12-21)24-3-2-4-24/h3,5-10,19,21H,2,4,11-18H2,1H3. The van der Waals surface area contributed by atoms with E-state index < -0.39 is 0 Å². The van der Waals surface area contributed by atoms with Gasteiger partial charge in [-0.25, -0.2) is 0 Å². The number of piperazine rings is 1. The van der Waals surface area contributed by atoms with E-state index in [1.54, 1.807) is 5.70 Å².